The third-order valence-electron chi connectivity index (χ3n) is 5.06. The van der Waals surface area contributed by atoms with E-state index >= 15 is 0 Å². The molecule has 6 heteroatoms. The number of hydrogen-bond donors (Lipinski definition) is 1. The molecule has 0 unspecified atom stereocenters. The molecular formula is C23H22ClN3O2. The van der Waals surface area contributed by atoms with Gasteiger partial charge in [0.2, 0.25) is 5.91 Å². The predicted molar refractivity (Wildman–Crippen MR) is 115 cm³/mol. The van der Waals surface area contributed by atoms with E-state index in [0.29, 0.717) is 17.3 Å². The number of nitrogens with zero attached hydrogens (tertiary/aromatic N) is 2. The molecular weight excluding hydrogens is 386 g/mol. The lowest BCUT2D eigenvalue weighted by Gasteiger charge is -2.13. The standard InChI is InChI=1S/C23H22ClN3O2/c1-4-25-20(28)12-19-23-21(14(3)29-27-23)17-10-5-13(2)11-18(17)22(26-19)15-6-8-16(24)9-7-15/h5-11,19H,4,12H2,1-3H3,(H,25,28)/t19-/m0/s1. The summed E-state index contributed by atoms with van der Waals surface area (Å²) in [5.41, 5.74) is 6.52. The summed E-state index contributed by atoms with van der Waals surface area (Å²) in [6.45, 7) is 6.42. The van der Waals surface area contributed by atoms with Crippen LogP contribution in [-0.4, -0.2) is 23.3 Å². The molecule has 0 fully saturated rings. The zero-order chi connectivity index (χ0) is 20.5. The van der Waals surface area contributed by atoms with Crippen molar-refractivity contribution in [1.82, 2.24) is 10.5 Å². The molecule has 2 aromatic carbocycles. The van der Waals surface area contributed by atoms with Gasteiger partial charge in [0, 0.05) is 22.7 Å². The Balaban J connectivity index is 1.95. The van der Waals surface area contributed by atoms with Gasteiger partial charge in [-0.25, -0.2) is 0 Å². The van der Waals surface area contributed by atoms with Gasteiger partial charge in [-0.2, -0.15) is 0 Å². The van der Waals surface area contributed by atoms with Gasteiger partial charge in [0.1, 0.15) is 17.5 Å². The zero-order valence-corrected chi connectivity index (χ0v) is 17.4. The van der Waals surface area contributed by atoms with E-state index in [-0.39, 0.29) is 12.3 Å². The molecule has 1 N–H and O–H groups in total. The monoisotopic (exact) mass is 407 g/mol. The van der Waals surface area contributed by atoms with Crippen LogP contribution in [0.3, 0.4) is 0 Å². The smallest absolute Gasteiger partial charge is 0.222 e. The van der Waals surface area contributed by atoms with Crippen LogP contribution in [0, 0.1) is 13.8 Å². The molecule has 1 atom stereocenters. The summed E-state index contributed by atoms with van der Waals surface area (Å²) in [5, 5.41) is 7.82. The molecule has 2 heterocycles. The molecule has 0 radical (unpaired) electrons. The normalized spacial score (nSPS) is 15.2. The lowest BCUT2D eigenvalue weighted by atomic mass is 9.91. The first kappa shape index (κ1) is 19.4. The summed E-state index contributed by atoms with van der Waals surface area (Å²) in [5.74, 6) is 0.656. The van der Waals surface area contributed by atoms with Gasteiger partial charge in [0.25, 0.3) is 0 Å². The van der Waals surface area contributed by atoms with Gasteiger partial charge in [-0.15, -0.1) is 0 Å². The fourth-order valence-corrected chi connectivity index (χ4v) is 3.85. The van der Waals surface area contributed by atoms with E-state index in [0.717, 1.165) is 39.3 Å². The SMILES string of the molecule is CCNC(=O)C[C@@H]1N=C(c2ccc(Cl)cc2)c2cc(C)ccc2-c2c1noc2C. The molecule has 0 bridgehead atoms. The minimum Gasteiger partial charge on any atom is -0.361 e. The zero-order valence-electron chi connectivity index (χ0n) is 16.6. The van der Waals surface area contributed by atoms with Crippen LogP contribution in [0.1, 0.15) is 47.5 Å². The van der Waals surface area contributed by atoms with Crippen LogP contribution in [0.2, 0.25) is 5.02 Å². The summed E-state index contributed by atoms with van der Waals surface area (Å²) >= 11 is 6.10. The maximum absolute atomic E-state index is 12.4. The Morgan fingerprint density at radius 3 is 2.62 bits per heavy atom. The van der Waals surface area contributed by atoms with Crippen molar-refractivity contribution < 1.29 is 9.32 Å². The van der Waals surface area contributed by atoms with E-state index in [1.165, 1.54) is 0 Å². The Bertz CT molecular complexity index is 1100. The number of benzene rings is 2. The van der Waals surface area contributed by atoms with Gasteiger partial charge >= 0.3 is 0 Å². The highest BCUT2D eigenvalue weighted by Crippen LogP contribution is 2.40. The molecule has 3 aromatic rings. The van der Waals surface area contributed by atoms with Gasteiger partial charge in [-0.3, -0.25) is 9.79 Å². The molecule has 0 saturated carbocycles. The van der Waals surface area contributed by atoms with Crippen molar-refractivity contribution in [3.05, 3.63) is 75.6 Å². The third-order valence-corrected chi connectivity index (χ3v) is 5.31. The highest BCUT2D eigenvalue weighted by Gasteiger charge is 2.31. The lowest BCUT2D eigenvalue weighted by molar-refractivity contribution is -0.121. The van der Waals surface area contributed by atoms with Crippen molar-refractivity contribution in [2.75, 3.05) is 6.54 Å². The van der Waals surface area contributed by atoms with Gasteiger partial charge in [0.05, 0.1) is 17.7 Å². The number of carbonyl (C=O) groups is 1. The number of amides is 1. The third kappa shape index (κ3) is 3.70. The summed E-state index contributed by atoms with van der Waals surface area (Å²) in [4.78, 5) is 17.4. The van der Waals surface area contributed by atoms with E-state index in [1.807, 2.05) is 38.1 Å². The van der Waals surface area contributed by atoms with Crippen LogP contribution < -0.4 is 5.32 Å². The van der Waals surface area contributed by atoms with E-state index in [1.54, 1.807) is 0 Å². The van der Waals surface area contributed by atoms with Gasteiger partial charge in [0.15, 0.2) is 0 Å². The number of aromatic nitrogens is 1. The average Bonchev–Trinajstić information content (AvgIpc) is 3.01. The maximum atomic E-state index is 12.4. The first-order valence-corrected chi connectivity index (χ1v) is 10.0. The van der Waals surface area contributed by atoms with Crippen LogP contribution in [0.15, 0.2) is 52.0 Å². The summed E-state index contributed by atoms with van der Waals surface area (Å²) < 4.78 is 5.52. The molecule has 1 amide bonds. The number of nitrogens with one attached hydrogen (secondary N) is 1. The van der Waals surface area contributed by atoms with Crippen molar-refractivity contribution in [1.29, 1.82) is 0 Å². The largest absolute Gasteiger partial charge is 0.361 e. The summed E-state index contributed by atoms with van der Waals surface area (Å²) in [7, 11) is 0. The Morgan fingerprint density at radius 1 is 1.14 bits per heavy atom. The van der Waals surface area contributed by atoms with E-state index < -0.39 is 6.04 Å². The molecule has 5 nitrogen and oxygen atoms in total. The number of aliphatic imine (C=N–C) groups is 1. The van der Waals surface area contributed by atoms with Gasteiger partial charge < -0.3 is 9.84 Å². The molecule has 1 aromatic heterocycles. The fraction of sp³-hybridized carbons (Fsp3) is 0.261. The van der Waals surface area contributed by atoms with Crippen LogP contribution in [-0.2, 0) is 4.79 Å². The summed E-state index contributed by atoms with van der Waals surface area (Å²) in [6.07, 6.45) is 0.205. The quantitative estimate of drug-likeness (QED) is 0.659. The molecule has 1 aliphatic rings. The molecule has 1 aliphatic heterocycles. The highest BCUT2D eigenvalue weighted by molar-refractivity contribution is 6.30. The number of carbonyl (C=O) groups excluding carboxylic acids is 1. The molecule has 148 valence electrons. The molecule has 4 rings (SSSR count). The van der Waals surface area contributed by atoms with Crippen molar-refractivity contribution >= 4 is 23.2 Å². The van der Waals surface area contributed by atoms with Crippen molar-refractivity contribution in [3.63, 3.8) is 0 Å². The number of aryl methyl sites for hydroxylation is 2. The minimum absolute atomic E-state index is 0.0644. The second-order valence-electron chi connectivity index (χ2n) is 7.21. The molecule has 29 heavy (non-hydrogen) atoms. The maximum Gasteiger partial charge on any atom is 0.222 e. The minimum atomic E-state index is -0.438. The topological polar surface area (TPSA) is 67.5 Å². The lowest BCUT2D eigenvalue weighted by Crippen LogP contribution is -2.24. The first-order valence-electron chi connectivity index (χ1n) is 9.66. The molecule has 0 aliphatic carbocycles. The Morgan fingerprint density at radius 2 is 1.90 bits per heavy atom. The first-order chi connectivity index (χ1) is 14.0. The predicted octanol–water partition coefficient (Wildman–Crippen LogP) is 5.03. The average molecular weight is 408 g/mol. The number of rotatable bonds is 4. The molecule has 0 spiro atoms. The van der Waals surface area contributed by atoms with Crippen LogP contribution in [0.25, 0.3) is 11.1 Å². The number of halogens is 1. The van der Waals surface area contributed by atoms with Crippen LogP contribution in [0.4, 0.5) is 0 Å². The van der Waals surface area contributed by atoms with E-state index in [2.05, 4.69) is 35.6 Å². The molecule has 0 saturated heterocycles. The number of hydrogen-bond acceptors (Lipinski definition) is 4. The second-order valence-corrected chi connectivity index (χ2v) is 7.64. The van der Waals surface area contributed by atoms with E-state index in [9.17, 15) is 4.79 Å². The van der Waals surface area contributed by atoms with Crippen LogP contribution in [0.5, 0.6) is 0 Å². The number of fused-ring (bicyclic) bond motifs is 3. The Labute approximate surface area is 174 Å². The Hall–Kier alpha value is -2.92. The van der Waals surface area contributed by atoms with Gasteiger partial charge in [-0.1, -0.05) is 46.6 Å². The van der Waals surface area contributed by atoms with E-state index in [4.69, 9.17) is 21.1 Å². The second kappa shape index (κ2) is 7.84. The van der Waals surface area contributed by atoms with Gasteiger partial charge in [-0.05, 0) is 44.5 Å². The van der Waals surface area contributed by atoms with Crippen molar-refractivity contribution in [2.45, 2.75) is 33.2 Å². The highest BCUT2D eigenvalue weighted by atomic mass is 35.5. The van der Waals surface area contributed by atoms with Crippen molar-refractivity contribution in [3.8, 4) is 11.1 Å². The van der Waals surface area contributed by atoms with Crippen LogP contribution >= 0.6 is 11.6 Å². The van der Waals surface area contributed by atoms with Crippen molar-refractivity contribution in [2.24, 2.45) is 4.99 Å². The fourth-order valence-electron chi connectivity index (χ4n) is 3.73. The summed E-state index contributed by atoms with van der Waals surface area (Å²) in [6, 6.07) is 13.4. The Kier molecular flexibility index (Phi) is 5.24.